The molecule has 1 aliphatic rings. The standard InChI is InChI=1S/C12H17BrN2O2/c1-15(2)4-3-14-7-9-5-11-12(6-10(9)13)17-8-16-11/h5-6,14H,3-4,7-8H2,1-2H3. The van der Waals surface area contributed by atoms with Gasteiger partial charge in [0.1, 0.15) is 0 Å². The molecule has 1 aromatic rings. The summed E-state index contributed by atoms with van der Waals surface area (Å²) in [5.74, 6) is 1.64. The van der Waals surface area contributed by atoms with E-state index < -0.39 is 0 Å². The summed E-state index contributed by atoms with van der Waals surface area (Å²) in [6, 6.07) is 3.99. The maximum Gasteiger partial charge on any atom is 0.231 e. The van der Waals surface area contributed by atoms with Crippen LogP contribution in [0.25, 0.3) is 0 Å². The molecule has 0 saturated heterocycles. The van der Waals surface area contributed by atoms with Crippen molar-refractivity contribution in [3.8, 4) is 11.5 Å². The van der Waals surface area contributed by atoms with Gasteiger partial charge in [-0.05, 0) is 31.8 Å². The van der Waals surface area contributed by atoms with Crippen molar-refractivity contribution >= 4 is 15.9 Å². The summed E-state index contributed by atoms with van der Waals surface area (Å²) in [5.41, 5.74) is 1.19. The third kappa shape index (κ3) is 3.34. The summed E-state index contributed by atoms with van der Waals surface area (Å²) < 4.78 is 11.7. The zero-order chi connectivity index (χ0) is 12.3. The number of rotatable bonds is 5. The van der Waals surface area contributed by atoms with Gasteiger partial charge < -0.3 is 19.7 Å². The molecule has 1 heterocycles. The number of hydrogen-bond donors (Lipinski definition) is 1. The molecule has 0 radical (unpaired) electrons. The zero-order valence-corrected chi connectivity index (χ0v) is 11.7. The van der Waals surface area contributed by atoms with E-state index in [0.29, 0.717) is 6.79 Å². The fourth-order valence-corrected chi connectivity index (χ4v) is 2.08. The van der Waals surface area contributed by atoms with Crippen LogP contribution in [0.1, 0.15) is 5.56 Å². The number of benzene rings is 1. The molecule has 0 aliphatic carbocycles. The average Bonchev–Trinajstić information content (AvgIpc) is 2.71. The molecular weight excluding hydrogens is 284 g/mol. The molecule has 1 N–H and O–H groups in total. The van der Waals surface area contributed by atoms with Crippen molar-refractivity contribution in [1.29, 1.82) is 0 Å². The lowest BCUT2D eigenvalue weighted by atomic mass is 10.2. The SMILES string of the molecule is CN(C)CCNCc1cc2c(cc1Br)OCO2. The highest BCUT2D eigenvalue weighted by molar-refractivity contribution is 9.10. The van der Waals surface area contributed by atoms with Gasteiger partial charge in [0, 0.05) is 24.1 Å². The summed E-state index contributed by atoms with van der Waals surface area (Å²) in [4.78, 5) is 2.15. The van der Waals surface area contributed by atoms with Crippen molar-refractivity contribution < 1.29 is 9.47 Å². The van der Waals surface area contributed by atoms with Gasteiger partial charge in [-0.15, -0.1) is 0 Å². The van der Waals surface area contributed by atoms with E-state index in [-0.39, 0.29) is 0 Å². The third-order valence-corrected chi connectivity index (χ3v) is 3.33. The van der Waals surface area contributed by atoms with Crippen molar-refractivity contribution in [2.24, 2.45) is 0 Å². The summed E-state index contributed by atoms with van der Waals surface area (Å²) in [7, 11) is 4.14. The zero-order valence-electron chi connectivity index (χ0n) is 10.1. The van der Waals surface area contributed by atoms with E-state index in [0.717, 1.165) is 35.6 Å². The van der Waals surface area contributed by atoms with Crippen molar-refractivity contribution in [3.63, 3.8) is 0 Å². The highest BCUT2D eigenvalue weighted by atomic mass is 79.9. The van der Waals surface area contributed by atoms with E-state index in [2.05, 4.69) is 40.2 Å². The topological polar surface area (TPSA) is 33.7 Å². The maximum atomic E-state index is 5.36. The van der Waals surface area contributed by atoms with Gasteiger partial charge in [-0.25, -0.2) is 0 Å². The lowest BCUT2D eigenvalue weighted by Crippen LogP contribution is -2.26. The van der Waals surface area contributed by atoms with Crippen LogP contribution in [-0.4, -0.2) is 38.9 Å². The Balaban J connectivity index is 1.92. The van der Waals surface area contributed by atoms with Crippen LogP contribution in [0.15, 0.2) is 16.6 Å². The van der Waals surface area contributed by atoms with Crippen molar-refractivity contribution in [1.82, 2.24) is 10.2 Å². The van der Waals surface area contributed by atoms with Crippen LogP contribution in [0.5, 0.6) is 11.5 Å². The maximum absolute atomic E-state index is 5.36. The van der Waals surface area contributed by atoms with Crippen LogP contribution in [0, 0.1) is 0 Å². The first-order chi connectivity index (χ1) is 8.16. The van der Waals surface area contributed by atoms with Gasteiger partial charge in [0.2, 0.25) is 6.79 Å². The number of nitrogens with zero attached hydrogens (tertiary/aromatic N) is 1. The highest BCUT2D eigenvalue weighted by Crippen LogP contribution is 2.36. The number of nitrogens with one attached hydrogen (secondary N) is 1. The molecule has 1 aromatic carbocycles. The molecule has 94 valence electrons. The Morgan fingerprint density at radius 3 is 2.71 bits per heavy atom. The Labute approximate surface area is 110 Å². The summed E-state index contributed by atoms with van der Waals surface area (Å²) in [6.45, 7) is 3.14. The molecule has 0 saturated carbocycles. The van der Waals surface area contributed by atoms with E-state index in [9.17, 15) is 0 Å². The number of halogens is 1. The van der Waals surface area contributed by atoms with Crippen molar-refractivity contribution in [2.75, 3.05) is 34.0 Å². The number of fused-ring (bicyclic) bond motifs is 1. The minimum absolute atomic E-state index is 0.319. The van der Waals surface area contributed by atoms with E-state index in [1.165, 1.54) is 5.56 Å². The summed E-state index contributed by atoms with van der Waals surface area (Å²) >= 11 is 3.54. The van der Waals surface area contributed by atoms with Gasteiger partial charge in [0.15, 0.2) is 11.5 Å². The lowest BCUT2D eigenvalue weighted by Gasteiger charge is -2.11. The van der Waals surface area contributed by atoms with Gasteiger partial charge in [-0.3, -0.25) is 0 Å². The normalized spacial score (nSPS) is 13.4. The van der Waals surface area contributed by atoms with Crippen LogP contribution >= 0.6 is 15.9 Å². The average molecular weight is 301 g/mol. The molecular formula is C12H17BrN2O2. The monoisotopic (exact) mass is 300 g/mol. The first-order valence-corrected chi connectivity index (χ1v) is 6.39. The van der Waals surface area contributed by atoms with E-state index in [1.54, 1.807) is 0 Å². The van der Waals surface area contributed by atoms with Gasteiger partial charge in [-0.1, -0.05) is 15.9 Å². The second-order valence-corrected chi connectivity index (χ2v) is 5.13. The molecule has 2 rings (SSSR count). The minimum Gasteiger partial charge on any atom is -0.454 e. The van der Waals surface area contributed by atoms with Gasteiger partial charge >= 0.3 is 0 Å². The number of hydrogen-bond acceptors (Lipinski definition) is 4. The lowest BCUT2D eigenvalue weighted by molar-refractivity contribution is 0.174. The van der Waals surface area contributed by atoms with E-state index >= 15 is 0 Å². The van der Waals surface area contributed by atoms with E-state index in [1.807, 2.05) is 12.1 Å². The second-order valence-electron chi connectivity index (χ2n) is 4.28. The van der Waals surface area contributed by atoms with Crippen molar-refractivity contribution in [2.45, 2.75) is 6.54 Å². The minimum atomic E-state index is 0.319. The molecule has 17 heavy (non-hydrogen) atoms. The van der Waals surface area contributed by atoms with Gasteiger partial charge in [0.25, 0.3) is 0 Å². The molecule has 5 heteroatoms. The molecule has 0 atom stereocenters. The Morgan fingerprint density at radius 1 is 1.29 bits per heavy atom. The van der Waals surface area contributed by atoms with Gasteiger partial charge in [-0.2, -0.15) is 0 Å². The molecule has 0 aromatic heterocycles. The van der Waals surface area contributed by atoms with Crippen LogP contribution in [0.2, 0.25) is 0 Å². The first-order valence-electron chi connectivity index (χ1n) is 5.60. The molecule has 0 amide bonds. The van der Waals surface area contributed by atoms with Crippen LogP contribution in [0.4, 0.5) is 0 Å². The summed E-state index contributed by atoms with van der Waals surface area (Å²) in [5, 5.41) is 3.40. The molecule has 0 spiro atoms. The molecule has 4 nitrogen and oxygen atoms in total. The fraction of sp³-hybridized carbons (Fsp3) is 0.500. The molecule has 0 fully saturated rings. The predicted molar refractivity (Wildman–Crippen MR) is 70.5 cm³/mol. The van der Waals surface area contributed by atoms with Gasteiger partial charge in [0.05, 0.1) is 0 Å². The summed E-state index contributed by atoms with van der Waals surface area (Å²) in [6.07, 6.45) is 0. The number of ether oxygens (including phenoxy) is 2. The van der Waals surface area contributed by atoms with Crippen LogP contribution < -0.4 is 14.8 Å². The fourth-order valence-electron chi connectivity index (χ4n) is 1.62. The van der Waals surface area contributed by atoms with E-state index in [4.69, 9.17) is 9.47 Å². The highest BCUT2D eigenvalue weighted by Gasteiger charge is 2.15. The largest absolute Gasteiger partial charge is 0.454 e. The van der Waals surface area contributed by atoms with Crippen LogP contribution in [-0.2, 0) is 6.54 Å². The molecule has 1 aliphatic heterocycles. The smallest absolute Gasteiger partial charge is 0.231 e. The van der Waals surface area contributed by atoms with Crippen LogP contribution in [0.3, 0.4) is 0 Å². The molecule has 0 unspecified atom stereocenters. The third-order valence-electron chi connectivity index (χ3n) is 2.59. The first kappa shape index (κ1) is 12.7. The quantitative estimate of drug-likeness (QED) is 0.841. The predicted octanol–water partition coefficient (Wildman–Crippen LogP) is 1.83. The Hall–Kier alpha value is -0.780. The Bertz CT molecular complexity index is 396. The molecule has 0 bridgehead atoms. The van der Waals surface area contributed by atoms with Crippen molar-refractivity contribution in [3.05, 3.63) is 22.2 Å². The Kier molecular flexibility index (Phi) is 4.25. The number of likely N-dealkylation sites (N-methyl/N-ethyl adjacent to an activating group) is 1. The second kappa shape index (κ2) is 5.71. The Morgan fingerprint density at radius 2 is 2.00 bits per heavy atom.